The molecular formula is C21H27N3O. The van der Waals surface area contributed by atoms with Crippen molar-refractivity contribution in [1.82, 2.24) is 4.90 Å². The maximum atomic E-state index is 12.8. The molecule has 0 radical (unpaired) electrons. The number of aryl methyl sites for hydroxylation is 1. The Labute approximate surface area is 150 Å². The van der Waals surface area contributed by atoms with Gasteiger partial charge in [0.2, 0.25) is 0 Å². The summed E-state index contributed by atoms with van der Waals surface area (Å²) < 4.78 is 0. The Morgan fingerprint density at radius 2 is 1.88 bits per heavy atom. The standard InChI is InChI=1S/C21H27N3O/c1-16(9-10-17-7-3-2-4-8-17)23-20-12-11-18(22)15-19(20)21(25)24-13-5-6-14-24/h2-4,7-8,11-12,15-16,23H,5-6,9-10,13-14,22H2,1H3. The number of nitrogens with zero attached hydrogens (tertiary/aromatic N) is 1. The highest BCUT2D eigenvalue weighted by Crippen LogP contribution is 2.24. The average Bonchev–Trinajstić information content (AvgIpc) is 3.16. The molecule has 3 rings (SSSR count). The van der Waals surface area contributed by atoms with Crippen molar-refractivity contribution in [3.05, 3.63) is 59.7 Å². The van der Waals surface area contributed by atoms with Crippen molar-refractivity contribution < 1.29 is 4.79 Å². The van der Waals surface area contributed by atoms with Gasteiger partial charge >= 0.3 is 0 Å². The minimum atomic E-state index is 0.0857. The van der Waals surface area contributed by atoms with Crippen LogP contribution in [0.4, 0.5) is 11.4 Å². The fourth-order valence-corrected chi connectivity index (χ4v) is 3.32. The van der Waals surface area contributed by atoms with Gasteiger partial charge in [-0.3, -0.25) is 4.79 Å². The number of carbonyl (C=O) groups excluding carboxylic acids is 1. The number of anilines is 2. The lowest BCUT2D eigenvalue weighted by Gasteiger charge is -2.21. The van der Waals surface area contributed by atoms with E-state index >= 15 is 0 Å². The molecule has 1 fully saturated rings. The zero-order chi connectivity index (χ0) is 17.6. The topological polar surface area (TPSA) is 58.4 Å². The molecule has 1 atom stereocenters. The lowest BCUT2D eigenvalue weighted by Crippen LogP contribution is -2.29. The second kappa shape index (κ2) is 8.06. The van der Waals surface area contributed by atoms with Gasteiger partial charge in [0.25, 0.3) is 5.91 Å². The molecule has 1 aliphatic heterocycles. The number of nitrogen functional groups attached to an aromatic ring is 1. The molecule has 1 saturated heterocycles. The van der Waals surface area contributed by atoms with Crippen molar-refractivity contribution in [2.24, 2.45) is 0 Å². The Kier molecular flexibility index (Phi) is 5.59. The number of amides is 1. The van der Waals surface area contributed by atoms with Crippen molar-refractivity contribution in [2.45, 2.75) is 38.6 Å². The predicted molar refractivity (Wildman–Crippen MR) is 104 cm³/mol. The van der Waals surface area contributed by atoms with E-state index in [1.807, 2.05) is 23.1 Å². The first-order valence-corrected chi connectivity index (χ1v) is 9.13. The molecule has 0 spiro atoms. The number of nitrogens with one attached hydrogen (secondary N) is 1. The van der Waals surface area contributed by atoms with Gasteiger partial charge in [0.05, 0.1) is 5.56 Å². The number of nitrogens with two attached hydrogens (primary N) is 1. The molecule has 0 aliphatic carbocycles. The van der Waals surface area contributed by atoms with Gasteiger partial charge in [-0.1, -0.05) is 30.3 Å². The molecular weight excluding hydrogens is 310 g/mol. The van der Waals surface area contributed by atoms with Crippen molar-refractivity contribution >= 4 is 17.3 Å². The Morgan fingerprint density at radius 3 is 2.60 bits per heavy atom. The van der Waals surface area contributed by atoms with Crippen LogP contribution in [0.3, 0.4) is 0 Å². The summed E-state index contributed by atoms with van der Waals surface area (Å²) >= 11 is 0. The summed E-state index contributed by atoms with van der Waals surface area (Å²) in [4.78, 5) is 14.7. The summed E-state index contributed by atoms with van der Waals surface area (Å²) in [5.74, 6) is 0.0857. The molecule has 1 unspecified atom stereocenters. The van der Waals surface area contributed by atoms with Crippen LogP contribution in [0.15, 0.2) is 48.5 Å². The van der Waals surface area contributed by atoms with Crippen molar-refractivity contribution in [2.75, 3.05) is 24.1 Å². The molecule has 2 aromatic carbocycles. The minimum Gasteiger partial charge on any atom is -0.399 e. The van der Waals surface area contributed by atoms with Gasteiger partial charge in [0.15, 0.2) is 0 Å². The van der Waals surface area contributed by atoms with E-state index in [1.54, 1.807) is 6.07 Å². The first-order chi connectivity index (χ1) is 12.1. The molecule has 3 N–H and O–H groups in total. The maximum Gasteiger partial charge on any atom is 0.256 e. The molecule has 0 bridgehead atoms. The lowest BCUT2D eigenvalue weighted by molar-refractivity contribution is 0.0794. The number of hydrogen-bond donors (Lipinski definition) is 2. The Hall–Kier alpha value is -2.49. The zero-order valence-corrected chi connectivity index (χ0v) is 14.9. The summed E-state index contributed by atoms with van der Waals surface area (Å²) in [6, 6.07) is 16.3. The third-order valence-corrected chi connectivity index (χ3v) is 4.78. The highest BCUT2D eigenvalue weighted by molar-refractivity contribution is 6.00. The smallest absolute Gasteiger partial charge is 0.256 e. The molecule has 4 heteroatoms. The number of likely N-dealkylation sites (tertiary alicyclic amines) is 1. The molecule has 132 valence electrons. The fourth-order valence-electron chi connectivity index (χ4n) is 3.32. The Bertz CT molecular complexity index is 708. The van der Waals surface area contributed by atoms with Crippen molar-refractivity contribution in [1.29, 1.82) is 0 Å². The van der Waals surface area contributed by atoms with E-state index in [-0.39, 0.29) is 11.9 Å². The molecule has 4 nitrogen and oxygen atoms in total. The number of carbonyl (C=O) groups is 1. The van der Waals surface area contributed by atoms with E-state index in [1.165, 1.54) is 5.56 Å². The third kappa shape index (κ3) is 4.53. The van der Waals surface area contributed by atoms with Gasteiger partial charge in [-0.2, -0.15) is 0 Å². The summed E-state index contributed by atoms with van der Waals surface area (Å²) in [5.41, 5.74) is 9.47. The van der Waals surface area contributed by atoms with Crippen LogP contribution in [0, 0.1) is 0 Å². The highest BCUT2D eigenvalue weighted by atomic mass is 16.2. The van der Waals surface area contributed by atoms with Crippen LogP contribution in [-0.4, -0.2) is 29.9 Å². The van der Waals surface area contributed by atoms with Crippen LogP contribution >= 0.6 is 0 Å². The van der Waals surface area contributed by atoms with Crippen LogP contribution in [0.1, 0.15) is 42.1 Å². The zero-order valence-electron chi connectivity index (χ0n) is 14.9. The average molecular weight is 337 g/mol. The monoisotopic (exact) mass is 337 g/mol. The van der Waals surface area contributed by atoms with Crippen molar-refractivity contribution in [3.8, 4) is 0 Å². The summed E-state index contributed by atoms with van der Waals surface area (Å²) in [7, 11) is 0. The molecule has 25 heavy (non-hydrogen) atoms. The maximum absolute atomic E-state index is 12.8. The summed E-state index contributed by atoms with van der Waals surface area (Å²) in [5, 5.41) is 3.51. The predicted octanol–water partition coefficient (Wildman–Crippen LogP) is 3.94. The molecule has 1 amide bonds. The molecule has 0 saturated carbocycles. The molecule has 1 heterocycles. The molecule has 1 aliphatic rings. The first kappa shape index (κ1) is 17.3. The minimum absolute atomic E-state index is 0.0857. The number of rotatable bonds is 6. The number of benzene rings is 2. The van der Waals surface area contributed by atoms with Gasteiger partial charge in [0.1, 0.15) is 0 Å². The van der Waals surface area contributed by atoms with Crippen LogP contribution < -0.4 is 11.1 Å². The van der Waals surface area contributed by atoms with Crippen LogP contribution in [0.2, 0.25) is 0 Å². The van der Waals surface area contributed by atoms with E-state index in [0.717, 1.165) is 44.5 Å². The largest absolute Gasteiger partial charge is 0.399 e. The van der Waals surface area contributed by atoms with E-state index in [4.69, 9.17) is 5.73 Å². The quantitative estimate of drug-likeness (QED) is 0.785. The summed E-state index contributed by atoms with van der Waals surface area (Å²) in [6.07, 6.45) is 4.19. The van der Waals surface area contributed by atoms with E-state index < -0.39 is 0 Å². The lowest BCUT2D eigenvalue weighted by atomic mass is 10.0. The number of hydrogen-bond acceptors (Lipinski definition) is 3. The van der Waals surface area contributed by atoms with Crippen LogP contribution in [0.5, 0.6) is 0 Å². The van der Waals surface area contributed by atoms with Crippen molar-refractivity contribution in [3.63, 3.8) is 0 Å². The second-order valence-electron chi connectivity index (χ2n) is 6.87. The Morgan fingerprint density at radius 1 is 1.16 bits per heavy atom. The van der Waals surface area contributed by atoms with Crippen LogP contribution in [-0.2, 0) is 6.42 Å². The summed E-state index contributed by atoms with van der Waals surface area (Å²) in [6.45, 7) is 3.84. The molecule has 2 aromatic rings. The SMILES string of the molecule is CC(CCc1ccccc1)Nc1ccc(N)cc1C(=O)N1CCCC1. The first-order valence-electron chi connectivity index (χ1n) is 9.13. The molecule has 0 aromatic heterocycles. The van der Waals surface area contributed by atoms with Gasteiger partial charge in [0, 0.05) is 30.5 Å². The van der Waals surface area contributed by atoms with Gasteiger partial charge in [-0.25, -0.2) is 0 Å². The van der Waals surface area contributed by atoms with E-state index in [0.29, 0.717) is 11.3 Å². The highest BCUT2D eigenvalue weighted by Gasteiger charge is 2.22. The fraction of sp³-hybridized carbons (Fsp3) is 0.381. The van der Waals surface area contributed by atoms with E-state index in [2.05, 4.69) is 36.5 Å². The van der Waals surface area contributed by atoms with Crippen LogP contribution in [0.25, 0.3) is 0 Å². The Balaban J connectivity index is 1.67. The van der Waals surface area contributed by atoms with Gasteiger partial charge in [-0.05, 0) is 56.4 Å². The van der Waals surface area contributed by atoms with E-state index in [9.17, 15) is 4.79 Å². The van der Waals surface area contributed by atoms with Gasteiger partial charge in [-0.15, -0.1) is 0 Å². The van der Waals surface area contributed by atoms with Gasteiger partial charge < -0.3 is 16.0 Å². The second-order valence-corrected chi connectivity index (χ2v) is 6.87. The normalized spacial score (nSPS) is 15.2. The third-order valence-electron chi connectivity index (χ3n) is 4.78.